The molecule has 0 aliphatic carbocycles. The van der Waals surface area contributed by atoms with Crippen LogP contribution in [0.3, 0.4) is 0 Å². The number of benzene rings is 1. The first-order chi connectivity index (χ1) is 10.7. The van der Waals surface area contributed by atoms with Crippen molar-refractivity contribution in [1.82, 2.24) is 4.90 Å². The van der Waals surface area contributed by atoms with Gasteiger partial charge in [0.1, 0.15) is 0 Å². The van der Waals surface area contributed by atoms with E-state index in [1.807, 2.05) is 0 Å². The molecule has 0 saturated carbocycles. The lowest BCUT2D eigenvalue weighted by Crippen LogP contribution is -2.48. The monoisotopic (exact) mass is 299 g/mol. The van der Waals surface area contributed by atoms with E-state index >= 15 is 0 Å². The number of rotatable bonds is 4. The van der Waals surface area contributed by atoms with Gasteiger partial charge in [-0.15, -0.1) is 0 Å². The fourth-order valence-electron chi connectivity index (χ4n) is 3.94. The van der Waals surface area contributed by atoms with Crippen LogP contribution in [0.25, 0.3) is 0 Å². The lowest BCUT2D eigenvalue weighted by atomic mass is 9.83. The van der Waals surface area contributed by atoms with E-state index in [1.54, 1.807) is 0 Å². The Balaban J connectivity index is 1.56. The van der Waals surface area contributed by atoms with Crippen molar-refractivity contribution in [3.63, 3.8) is 0 Å². The van der Waals surface area contributed by atoms with Crippen LogP contribution in [-0.2, 0) is 0 Å². The van der Waals surface area contributed by atoms with Crippen molar-refractivity contribution in [2.45, 2.75) is 38.1 Å². The zero-order chi connectivity index (χ0) is 15.4. The second-order valence-corrected chi connectivity index (χ2v) is 6.98. The van der Waals surface area contributed by atoms with Crippen molar-refractivity contribution in [3.8, 4) is 0 Å². The Morgan fingerprint density at radius 2 is 1.86 bits per heavy atom. The largest absolute Gasteiger partial charge is 0.378 e. The van der Waals surface area contributed by atoms with E-state index in [0.29, 0.717) is 0 Å². The highest BCUT2D eigenvalue weighted by Gasteiger charge is 2.32. The van der Waals surface area contributed by atoms with Gasteiger partial charge in [-0.2, -0.15) is 0 Å². The highest BCUT2D eigenvalue weighted by Crippen LogP contribution is 2.30. The summed E-state index contributed by atoms with van der Waals surface area (Å²) in [5.41, 5.74) is 2.45. The zero-order valence-electron chi connectivity index (χ0n) is 14.0. The number of aliphatic imine (C=N–C) groups is 1. The second kappa shape index (κ2) is 7.28. The Bertz CT molecular complexity index is 490. The van der Waals surface area contributed by atoms with Crippen molar-refractivity contribution in [2.75, 3.05) is 38.6 Å². The molecule has 1 aromatic carbocycles. The quantitative estimate of drug-likeness (QED) is 0.793. The molecule has 2 aliphatic heterocycles. The predicted molar refractivity (Wildman–Crippen MR) is 95.2 cm³/mol. The maximum absolute atomic E-state index is 4.77. The average molecular weight is 299 g/mol. The molecule has 0 spiro atoms. The van der Waals surface area contributed by atoms with Gasteiger partial charge >= 0.3 is 0 Å². The summed E-state index contributed by atoms with van der Waals surface area (Å²) in [4.78, 5) is 9.61. The molecule has 2 atom stereocenters. The Kier molecular flexibility index (Phi) is 5.14. The maximum atomic E-state index is 4.77. The first kappa shape index (κ1) is 15.5. The summed E-state index contributed by atoms with van der Waals surface area (Å²) < 4.78 is 0. The van der Waals surface area contributed by atoms with Crippen LogP contribution in [0, 0.1) is 5.92 Å². The molecule has 0 radical (unpaired) electrons. The molecule has 1 aromatic rings. The Labute approximate surface area is 135 Å². The number of anilines is 1. The van der Waals surface area contributed by atoms with Crippen molar-refractivity contribution >= 4 is 11.9 Å². The summed E-state index contributed by atoms with van der Waals surface area (Å²) in [5, 5.41) is 0. The fraction of sp³-hybridized carbons (Fsp3) is 0.632. The van der Waals surface area contributed by atoms with Crippen LogP contribution in [-0.4, -0.2) is 50.9 Å². The first-order valence-electron chi connectivity index (χ1n) is 8.75. The van der Waals surface area contributed by atoms with E-state index in [-0.39, 0.29) is 0 Å². The summed E-state index contributed by atoms with van der Waals surface area (Å²) in [6.45, 7) is 3.63. The van der Waals surface area contributed by atoms with Crippen LogP contribution in [0.5, 0.6) is 0 Å². The molecule has 3 rings (SSSR count). The minimum absolute atomic E-state index is 0.770. The van der Waals surface area contributed by atoms with Crippen LogP contribution in [0.4, 0.5) is 5.69 Å². The minimum Gasteiger partial charge on any atom is -0.378 e. The maximum Gasteiger partial charge on any atom is 0.0432 e. The molecule has 2 heterocycles. The molecule has 0 N–H and O–H groups in total. The average Bonchev–Trinajstić information content (AvgIpc) is 2.55. The number of hydrogen-bond acceptors (Lipinski definition) is 3. The molecule has 3 nitrogen and oxygen atoms in total. The van der Waals surface area contributed by atoms with Gasteiger partial charge in [0.15, 0.2) is 0 Å². The molecular weight excluding hydrogens is 270 g/mol. The highest BCUT2D eigenvalue weighted by molar-refractivity contribution is 5.80. The second-order valence-electron chi connectivity index (χ2n) is 6.98. The minimum atomic E-state index is 0.770. The van der Waals surface area contributed by atoms with Gasteiger partial charge in [0.05, 0.1) is 0 Å². The van der Waals surface area contributed by atoms with Crippen molar-refractivity contribution in [3.05, 3.63) is 29.8 Å². The molecule has 3 heteroatoms. The van der Waals surface area contributed by atoms with E-state index in [4.69, 9.17) is 4.99 Å². The van der Waals surface area contributed by atoms with Gasteiger partial charge in [-0.1, -0.05) is 18.6 Å². The normalized spacial score (nSPS) is 26.1. The lowest BCUT2D eigenvalue weighted by molar-refractivity contribution is 0.0635. The predicted octanol–water partition coefficient (Wildman–Crippen LogP) is 3.44. The topological polar surface area (TPSA) is 18.8 Å². The van der Waals surface area contributed by atoms with Crippen molar-refractivity contribution in [2.24, 2.45) is 10.9 Å². The van der Waals surface area contributed by atoms with Gasteiger partial charge in [-0.05, 0) is 62.4 Å². The molecule has 120 valence electrons. The van der Waals surface area contributed by atoms with Gasteiger partial charge in [-0.25, -0.2) is 0 Å². The molecule has 2 aliphatic rings. The molecule has 22 heavy (non-hydrogen) atoms. The van der Waals surface area contributed by atoms with Crippen LogP contribution in [0.2, 0.25) is 0 Å². The third kappa shape index (κ3) is 3.70. The first-order valence-corrected chi connectivity index (χ1v) is 8.75. The van der Waals surface area contributed by atoms with E-state index in [1.165, 1.54) is 56.4 Å². The summed E-state index contributed by atoms with van der Waals surface area (Å²) in [5.74, 6) is 0.770. The van der Waals surface area contributed by atoms with Gasteiger partial charge in [0.2, 0.25) is 0 Å². The van der Waals surface area contributed by atoms with Crippen LogP contribution >= 0.6 is 0 Å². The van der Waals surface area contributed by atoms with E-state index < -0.39 is 0 Å². The molecule has 0 bridgehead atoms. The van der Waals surface area contributed by atoms with Gasteiger partial charge in [0.25, 0.3) is 0 Å². The fourth-order valence-corrected chi connectivity index (χ4v) is 3.94. The summed E-state index contributed by atoms with van der Waals surface area (Å²) in [6.07, 6.45) is 8.96. The number of nitrogens with zero attached hydrogens (tertiary/aromatic N) is 3. The Hall–Kier alpha value is -1.35. The van der Waals surface area contributed by atoms with Gasteiger partial charge in [-0.3, -0.25) is 4.99 Å². The van der Waals surface area contributed by atoms with Crippen LogP contribution in [0.15, 0.2) is 29.3 Å². The summed E-state index contributed by atoms with van der Waals surface area (Å²) in [7, 11) is 4.14. The van der Waals surface area contributed by atoms with E-state index in [9.17, 15) is 0 Å². The zero-order valence-corrected chi connectivity index (χ0v) is 14.0. The molecule has 0 unspecified atom stereocenters. The molecule has 2 fully saturated rings. The lowest BCUT2D eigenvalue weighted by Gasteiger charge is -2.43. The summed E-state index contributed by atoms with van der Waals surface area (Å²) in [6, 6.07) is 9.44. The third-order valence-corrected chi connectivity index (χ3v) is 5.22. The van der Waals surface area contributed by atoms with Gasteiger partial charge in [0, 0.05) is 38.6 Å². The molecule has 0 aromatic heterocycles. The standard InChI is InChI=1S/C19H29N3/c1-21(2)18-10-8-16(9-11-18)14-20-15-17-6-5-13-22-12-4-3-7-19(17)22/h8-11,14,17,19H,3-7,12-13,15H2,1-2H3/t17-,19-/m0/s1. The van der Waals surface area contributed by atoms with Crippen LogP contribution < -0.4 is 4.90 Å². The number of piperidine rings is 2. The van der Waals surface area contributed by atoms with E-state index in [0.717, 1.165) is 18.5 Å². The molecule has 0 amide bonds. The Morgan fingerprint density at radius 3 is 2.64 bits per heavy atom. The number of fused-ring (bicyclic) bond motifs is 1. The van der Waals surface area contributed by atoms with Crippen molar-refractivity contribution < 1.29 is 0 Å². The van der Waals surface area contributed by atoms with Crippen molar-refractivity contribution in [1.29, 1.82) is 0 Å². The van der Waals surface area contributed by atoms with E-state index in [2.05, 4.69) is 54.4 Å². The Morgan fingerprint density at radius 1 is 1.09 bits per heavy atom. The molecule has 2 saturated heterocycles. The van der Waals surface area contributed by atoms with Crippen LogP contribution in [0.1, 0.15) is 37.7 Å². The molecular formula is C19H29N3. The summed E-state index contributed by atoms with van der Waals surface area (Å²) >= 11 is 0. The smallest absolute Gasteiger partial charge is 0.0432 e. The third-order valence-electron chi connectivity index (χ3n) is 5.22. The highest BCUT2D eigenvalue weighted by atomic mass is 15.2. The SMILES string of the molecule is CN(C)c1ccc(C=NC[C@@H]2CCCN3CCCC[C@@H]23)cc1. The number of hydrogen-bond donors (Lipinski definition) is 0. The van der Waals surface area contributed by atoms with Gasteiger partial charge < -0.3 is 9.80 Å².